The monoisotopic (exact) mass is 266 g/mol. The smallest absolute Gasteiger partial charge is 0.222 e. The molecule has 3 nitrogen and oxygen atoms in total. The van der Waals surface area contributed by atoms with E-state index in [-0.39, 0.29) is 17.8 Å². The summed E-state index contributed by atoms with van der Waals surface area (Å²) < 4.78 is 13.7. The first-order chi connectivity index (χ1) is 8.97. The summed E-state index contributed by atoms with van der Waals surface area (Å²) in [5, 5.41) is 0. The lowest BCUT2D eigenvalue weighted by atomic mass is 10.0. The fraction of sp³-hybridized carbons (Fsp3) is 0.533. The number of carbonyl (C=O) groups excluding carboxylic acids is 1. The van der Waals surface area contributed by atoms with E-state index < -0.39 is 0 Å². The zero-order valence-corrected chi connectivity index (χ0v) is 11.9. The summed E-state index contributed by atoms with van der Waals surface area (Å²) >= 11 is 0. The first-order valence-corrected chi connectivity index (χ1v) is 6.67. The summed E-state index contributed by atoms with van der Waals surface area (Å²) in [4.78, 5) is 13.7. The van der Waals surface area contributed by atoms with Crippen LogP contribution in [-0.4, -0.2) is 24.4 Å². The third kappa shape index (κ3) is 4.31. The normalized spacial score (nSPS) is 13.9. The fourth-order valence-electron chi connectivity index (χ4n) is 1.90. The zero-order chi connectivity index (χ0) is 14.4. The minimum atomic E-state index is -0.273. The molecule has 1 rings (SSSR count). The van der Waals surface area contributed by atoms with Gasteiger partial charge in [0.25, 0.3) is 0 Å². The van der Waals surface area contributed by atoms with Crippen LogP contribution >= 0.6 is 0 Å². The highest BCUT2D eigenvalue weighted by atomic mass is 19.1. The van der Waals surface area contributed by atoms with E-state index in [0.717, 1.165) is 6.42 Å². The van der Waals surface area contributed by atoms with E-state index >= 15 is 0 Å². The number of rotatable bonds is 6. The van der Waals surface area contributed by atoms with E-state index in [2.05, 4.69) is 0 Å². The van der Waals surface area contributed by atoms with E-state index in [9.17, 15) is 9.18 Å². The van der Waals surface area contributed by atoms with Gasteiger partial charge in [-0.3, -0.25) is 4.79 Å². The Morgan fingerprint density at radius 1 is 1.37 bits per heavy atom. The molecule has 0 aromatic heterocycles. The van der Waals surface area contributed by atoms with E-state index in [0.29, 0.717) is 24.4 Å². The number of nitrogens with zero attached hydrogens (tertiary/aromatic N) is 1. The molecular weight excluding hydrogens is 243 g/mol. The molecule has 0 spiro atoms. The maximum atomic E-state index is 13.7. The van der Waals surface area contributed by atoms with Crippen LogP contribution in [0.25, 0.3) is 0 Å². The van der Waals surface area contributed by atoms with E-state index in [1.54, 1.807) is 30.1 Å². The average Bonchev–Trinajstić information content (AvgIpc) is 2.43. The van der Waals surface area contributed by atoms with Crippen LogP contribution in [0.5, 0.6) is 0 Å². The Morgan fingerprint density at radius 3 is 2.58 bits per heavy atom. The Morgan fingerprint density at radius 2 is 2.00 bits per heavy atom. The SMILES string of the molecule is CC(CN)CCC(=O)N(C)C(C)c1ccccc1F. The number of hydrogen-bond donors (Lipinski definition) is 1. The largest absolute Gasteiger partial charge is 0.339 e. The molecule has 0 saturated carbocycles. The average molecular weight is 266 g/mol. The molecule has 4 heteroatoms. The molecule has 0 aliphatic rings. The van der Waals surface area contributed by atoms with Crippen molar-refractivity contribution in [3.63, 3.8) is 0 Å². The maximum absolute atomic E-state index is 13.7. The number of halogens is 1. The van der Waals surface area contributed by atoms with Crippen LogP contribution < -0.4 is 5.73 Å². The molecule has 19 heavy (non-hydrogen) atoms. The van der Waals surface area contributed by atoms with E-state index in [1.165, 1.54) is 6.07 Å². The van der Waals surface area contributed by atoms with Gasteiger partial charge in [0.15, 0.2) is 0 Å². The lowest BCUT2D eigenvalue weighted by Crippen LogP contribution is -2.30. The molecule has 2 unspecified atom stereocenters. The quantitative estimate of drug-likeness (QED) is 0.860. The number of nitrogens with two attached hydrogens (primary N) is 1. The third-order valence-corrected chi connectivity index (χ3v) is 3.58. The summed E-state index contributed by atoms with van der Waals surface area (Å²) in [7, 11) is 1.71. The molecule has 1 aromatic carbocycles. The van der Waals surface area contributed by atoms with Crippen molar-refractivity contribution < 1.29 is 9.18 Å². The molecule has 0 saturated heterocycles. The minimum absolute atomic E-state index is 0.0241. The molecule has 1 aromatic rings. The lowest BCUT2D eigenvalue weighted by Gasteiger charge is -2.26. The van der Waals surface area contributed by atoms with Crippen molar-refractivity contribution in [1.82, 2.24) is 4.90 Å². The fourth-order valence-corrected chi connectivity index (χ4v) is 1.90. The highest BCUT2D eigenvalue weighted by Crippen LogP contribution is 2.22. The van der Waals surface area contributed by atoms with Crippen LogP contribution in [0.2, 0.25) is 0 Å². The van der Waals surface area contributed by atoms with E-state index in [4.69, 9.17) is 5.73 Å². The van der Waals surface area contributed by atoms with Gasteiger partial charge in [-0.1, -0.05) is 25.1 Å². The number of benzene rings is 1. The first-order valence-electron chi connectivity index (χ1n) is 6.67. The molecule has 0 radical (unpaired) electrons. The molecule has 0 bridgehead atoms. The van der Waals surface area contributed by atoms with Crippen molar-refractivity contribution in [2.45, 2.75) is 32.7 Å². The van der Waals surface area contributed by atoms with Gasteiger partial charge in [0.1, 0.15) is 5.82 Å². The van der Waals surface area contributed by atoms with E-state index in [1.807, 2.05) is 13.8 Å². The Bertz CT molecular complexity index is 422. The van der Waals surface area contributed by atoms with Crippen molar-refractivity contribution in [2.75, 3.05) is 13.6 Å². The van der Waals surface area contributed by atoms with Crippen molar-refractivity contribution >= 4 is 5.91 Å². The molecule has 0 aliphatic carbocycles. The number of hydrogen-bond acceptors (Lipinski definition) is 2. The summed E-state index contributed by atoms with van der Waals surface area (Å²) in [5.74, 6) is 0.0853. The highest BCUT2D eigenvalue weighted by Gasteiger charge is 2.19. The Labute approximate surface area is 114 Å². The van der Waals surface area contributed by atoms with Gasteiger partial charge in [0, 0.05) is 19.0 Å². The van der Waals surface area contributed by atoms with Crippen molar-refractivity contribution in [2.24, 2.45) is 11.7 Å². The van der Waals surface area contributed by atoms with Gasteiger partial charge in [0.05, 0.1) is 6.04 Å². The van der Waals surface area contributed by atoms with Crippen molar-refractivity contribution in [3.8, 4) is 0 Å². The minimum Gasteiger partial charge on any atom is -0.339 e. The van der Waals surface area contributed by atoms with Gasteiger partial charge in [-0.15, -0.1) is 0 Å². The first kappa shape index (κ1) is 15.6. The highest BCUT2D eigenvalue weighted by molar-refractivity contribution is 5.76. The number of amides is 1. The summed E-state index contributed by atoms with van der Waals surface area (Å²) in [6, 6.07) is 6.30. The van der Waals surface area contributed by atoms with Crippen LogP contribution in [0.1, 0.15) is 38.3 Å². The molecule has 2 N–H and O–H groups in total. The van der Waals surface area contributed by atoms with Crippen LogP contribution in [0, 0.1) is 11.7 Å². The van der Waals surface area contributed by atoms with Crippen LogP contribution in [0.3, 0.4) is 0 Å². The van der Waals surface area contributed by atoms with Crippen LogP contribution in [-0.2, 0) is 4.79 Å². The summed E-state index contributed by atoms with van der Waals surface area (Å²) in [6.45, 7) is 4.44. The van der Waals surface area contributed by atoms with Gasteiger partial charge in [0.2, 0.25) is 5.91 Å². The van der Waals surface area contributed by atoms with Gasteiger partial charge < -0.3 is 10.6 Å². The number of carbonyl (C=O) groups is 1. The van der Waals surface area contributed by atoms with Crippen LogP contribution in [0.4, 0.5) is 4.39 Å². The molecular formula is C15H23FN2O. The Kier molecular flexibility index (Phi) is 5.96. The zero-order valence-electron chi connectivity index (χ0n) is 11.9. The molecule has 1 amide bonds. The third-order valence-electron chi connectivity index (χ3n) is 3.58. The van der Waals surface area contributed by atoms with Gasteiger partial charge >= 0.3 is 0 Å². The second kappa shape index (κ2) is 7.24. The summed E-state index contributed by atoms with van der Waals surface area (Å²) in [6.07, 6.45) is 1.22. The molecule has 2 atom stereocenters. The lowest BCUT2D eigenvalue weighted by molar-refractivity contribution is -0.132. The van der Waals surface area contributed by atoms with Gasteiger partial charge in [-0.05, 0) is 31.9 Å². The second-order valence-electron chi connectivity index (χ2n) is 5.08. The second-order valence-corrected chi connectivity index (χ2v) is 5.08. The Hall–Kier alpha value is -1.42. The van der Waals surface area contributed by atoms with Crippen molar-refractivity contribution in [3.05, 3.63) is 35.6 Å². The topological polar surface area (TPSA) is 46.3 Å². The standard InChI is InChI=1S/C15H23FN2O/c1-11(10-17)8-9-15(19)18(3)12(2)13-6-4-5-7-14(13)16/h4-7,11-12H,8-10,17H2,1-3H3. The predicted octanol–water partition coefficient (Wildman–Crippen LogP) is 2.72. The molecule has 106 valence electrons. The summed E-state index contributed by atoms with van der Waals surface area (Å²) in [5.41, 5.74) is 6.08. The predicted molar refractivity (Wildman–Crippen MR) is 75.0 cm³/mol. The molecule has 0 aliphatic heterocycles. The molecule has 0 fully saturated rings. The van der Waals surface area contributed by atoms with Crippen molar-refractivity contribution in [1.29, 1.82) is 0 Å². The van der Waals surface area contributed by atoms with Gasteiger partial charge in [-0.2, -0.15) is 0 Å². The maximum Gasteiger partial charge on any atom is 0.222 e. The molecule has 0 heterocycles. The van der Waals surface area contributed by atoms with Crippen LogP contribution in [0.15, 0.2) is 24.3 Å². The van der Waals surface area contributed by atoms with Gasteiger partial charge in [-0.25, -0.2) is 4.39 Å². The Balaban J connectivity index is 2.64.